The third kappa shape index (κ3) is 2.53. The van der Waals surface area contributed by atoms with Gasteiger partial charge in [-0.15, -0.1) is 0 Å². The number of anilines is 2. The number of benzene rings is 1. The summed E-state index contributed by atoms with van der Waals surface area (Å²) in [6.07, 6.45) is 0. The van der Waals surface area contributed by atoms with Crippen molar-refractivity contribution >= 4 is 11.6 Å². The lowest BCUT2D eigenvalue weighted by Gasteiger charge is -2.05. The average Bonchev–Trinajstić information content (AvgIpc) is 2.17. The van der Waals surface area contributed by atoms with E-state index in [1.54, 1.807) is 0 Å². The normalized spacial score (nSPS) is 10.0. The number of rotatable bonds is 2. The molecule has 0 saturated heterocycles. The maximum Gasteiger partial charge on any atom is 0.227 e. The molecule has 1 radical (unpaired) electrons. The van der Waals surface area contributed by atoms with Crippen molar-refractivity contribution in [3.8, 4) is 0 Å². The summed E-state index contributed by atoms with van der Waals surface area (Å²) >= 11 is 0. The number of nitrogens with zero attached hydrogens (tertiary/aromatic N) is 2. The molecule has 75 valence electrons. The Balaban J connectivity index is 2.25. The molecule has 3 heteroatoms. The van der Waals surface area contributed by atoms with Crippen LogP contribution in [0.1, 0.15) is 11.4 Å². The van der Waals surface area contributed by atoms with Crippen LogP contribution in [0.5, 0.6) is 0 Å². The van der Waals surface area contributed by atoms with Crippen molar-refractivity contribution in [2.45, 2.75) is 13.8 Å². The number of aryl methyl sites for hydroxylation is 2. The molecule has 1 aromatic carbocycles. The molecule has 2 rings (SSSR count). The molecule has 0 aliphatic rings. The molecule has 1 N–H and O–H groups in total. The third-order valence-corrected chi connectivity index (χ3v) is 1.96. The first-order valence-electron chi connectivity index (χ1n) is 4.79. The highest BCUT2D eigenvalue weighted by Crippen LogP contribution is 2.12. The Kier molecular flexibility index (Phi) is 2.63. The third-order valence-electron chi connectivity index (χ3n) is 1.96. The molecular formula is C12H12N3. The maximum absolute atomic E-state index is 4.30. The standard InChI is InChI=1S/C12H12N3/c1-9-8-10(2)14-12(13-9)15-11-6-4-3-5-7-11/h4-8H,1-2H3,(H,13,14,15). The van der Waals surface area contributed by atoms with E-state index in [2.05, 4.69) is 21.4 Å². The minimum absolute atomic E-state index is 0.638. The van der Waals surface area contributed by atoms with E-state index in [1.807, 2.05) is 44.2 Å². The van der Waals surface area contributed by atoms with Gasteiger partial charge in [-0.25, -0.2) is 9.97 Å². The van der Waals surface area contributed by atoms with Gasteiger partial charge in [0, 0.05) is 17.1 Å². The van der Waals surface area contributed by atoms with E-state index in [9.17, 15) is 0 Å². The molecule has 0 saturated carbocycles. The van der Waals surface area contributed by atoms with Crippen molar-refractivity contribution in [3.63, 3.8) is 0 Å². The molecule has 0 fully saturated rings. The molecule has 15 heavy (non-hydrogen) atoms. The fourth-order valence-corrected chi connectivity index (χ4v) is 1.38. The van der Waals surface area contributed by atoms with Gasteiger partial charge in [-0.3, -0.25) is 0 Å². The van der Waals surface area contributed by atoms with Gasteiger partial charge in [0.25, 0.3) is 0 Å². The lowest BCUT2D eigenvalue weighted by molar-refractivity contribution is 1.06. The minimum Gasteiger partial charge on any atom is -0.324 e. The maximum atomic E-state index is 4.30. The molecule has 0 unspecified atom stereocenters. The van der Waals surface area contributed by atoms with Crippen LogP contribution in [0, 0.1) is 19.9 Å². The minimum atomic E-state index is 0.638. The monoisotopic (exact) mass is 198 g/mol. The summed E-state index contributed by atoms with van der Waals surface area (Å²) in [4.78, 5) is 8.59. The smallest absolute Gasteiger partial charge is 0.227 e. The van der Waals surface area contributed by atoms with Crippen molar-refractivity contribution < 1.29 is 0 Å². The zero-order valence-electron chi connectivity index (χ0n) is 8.78. The first kappa shape index (κ1) is 9.65. The fraction of sp³-hybridized carbons (Fsp3) is 0.167. The van der Waals surface area contributed by atoms with Crippen molar-refractivity contribution in [1.29, 1.82) is 0 Å². The Labute approximate surface area is 89.2 Å². The van der Waals surface area contributed by atoms with Crippen molar-refractivity contribution in [2.75, 3.05) is 5.32 Å². The number of nitrogens with one attached hydrogen (secondary N) is 1. The quantitative estimate of drug-likeness (QED) is 0.806. The number of hydrogen-bond acceptors (Lipinski definition) is 3. The highest BCUT2D eigenvalue weighted by molar-refractivity contribution is 5.52. The first-order chi connectivity index (χ1) is 7.24. The van der Waals surface area contributed by atoms with Gasteiger partial charge < -0.3 is 5.32 Å². The summed E-state index contributed by atoms with van der Waals surface area (Å²) in [6.45, 7) is 3.91. The number of hydrogen-bond donors (Lipinski definition) is 1. The van der Waals surface area contributed by atoms with Crippen LogP contribution >= 0.6 is 0 Å². The van der Waals surface area contributed by atoms with Crippen molar-refractivity contribution in [2.24, 2.45) is 0 Å². The van der Waals surface area contributed by atoms with Gasteiger partial charge in [0.05, 0.1) is 0 Å². The predicted octanol–water partition coefficient (Wildman–Crippen LogP) is 2.64. The van der Waals surface area contributed by atoms with E-state index in [0.717, 1.165) is 17.1 Å². The second-order valence-corrected chi connectivity index (χ2v) is 3.39. The topological polar surface area (TPSA) is 37.8 Å². The van der Waals surface area contributed by atoms with Crippen LogP contribution in [0.15, 0.2) is 30.3 Å². The van der Waals surface area contributed by atoms with E-state index in [1.165, 1.54) is 0 Å². The van der Waals surface area contributed by atoms with Crippen LogP contribution in [0.3, 0.4) is 0 Å². The summed E-state index contributed by atoms with van der Waals surface area (Å²) in [5.41, 5.74) is 2.90. The van der Waals surface area contributed by atoms with Gasteiger partial charge in [0.2, 0.25) is 5.95 Å². The summed E-state index contributed by atoms with van der Waals surface area (Å²) in [7, 11) is 0. The molecule has 0 bridgehead atoms. The van der Waals surface area contributed by atoms with Crippen LogP contribution < -0.4 is 5.32 Å². The molecule has 0 aliphatic carbocycles. The van der Waals surface area contributed by atoms with E-state index in [4.69, 9.17) is 0 Å². The highest BCUT2D eigenvalue weighted by Gasteiger charge is 1.98. The SMILES string of the molecule is Cc1cc(C)nc(Nc2cc[c]cc2)n1. The molecule has 2 aromatic rings. The van der Waals surface area contributed by atoms with Crippen molar-refractivity contribution in [1.82, 2.24) is 9.97 Å². The van der Waals surface area contributed by atoms with Gasteiger partial charge in [-0.1, -0.05) is 12.1 Å². The molecule has 1 heterocycles. The number of aromatic nitrogens is 2. The van der Waals surface area contributed by atoms with Crippen LogP contribution in [0.2, 0.25) is 0 Å². The Hall–Kier alpha value is -1.90. The largest absolute Gasteiger partial charge is 0.324 e. The van der Waals surface area contributed by atoms with E-state index >= 15 is 0 Å². The molecular weight excluding hydrogens is 186 g/mol. The van der Waals surface area contributed by atoms with Crippen LogP contribution in [0.25, 0.3) is 0 Å². The molecule has 0 aliphatic heterocycles. The van der Waals surface area contributed by atoms with Gasteiger partial charge in [0.15, 0.2) is 0 Å². The Bertz CT molecular complexity index is 431. The van der Waals surface area contributed by atoms with Crippen LogP contribution in [-0.2, 0) is 0 Å². The zero-order valence-corrected chi connectivity index (χ0v) is 8.78. The van der Waals surface area contributed by atoms with Gasteiger partial charge in [0.1, 0.15) is 0 Å². The molecule has 1 aromatic heterocycles. The Morgan fingerprint density at radius 1 is 1.07 bits per heavy atom. The first-order valence-corrected chi connectivity index (χ1v) is 4.79. The predicted molar refractivity (Wildman–Crippen MR) is 60.1 cm³/mol. The second kappa shape index (κ2) is 4.09. The summed E-state index contributed by atoms with van der Waals surface area (Å²) in [6, 6.07) is 12.5. The second-order valence-electron chi connectivity index (χ2n) is 3.39. The van der Waals surface area contributed by atoms with Gasteiger partial charge in [-0.2, -0.15) is 0 Å². The summed E-state index contributed by atoms with van der Waals surface area (Å²) in [5.74, 6) is 0.638. The lowest BCUT2D eigenvalue weighted by Crippen LogP contribution is -1.99. The highest BCUT2D eigenvalue weighted by atomic mass is 15.1. The van der Waals surface area contributed by atoms with E-state index < -0.39 is 0 Å². The zero-order chi connectivity index (χ0) is 10.7. The molecule has 0 atom stereocenters. The Morgan fingerprint density at radius 3 is 2.27 bits per heavy atom. The van der Waals surface area contributed by atoms with Crippen molar-refractivity contribution in [3.05, 3.63) is 47.8 Å². The molecule has 0 spiro atoms. The summed E-state index contributed by atoms with van der Waals surface area (Å²) in [5, 5.41) is 3.14. The fourth-order valence-electron chi connectivity index (χ4n) is 1.38. The van der Waals surface area contributed by atoms with Gasteiger partial charge >= 0.3 is 0 Å². The average molecular weight is 198 g/mol. The van der Waals surface area contributed by atoms with Gasteiger partial charge in [-0.05, 0) is 38.1 Å². The van der Waals surface area contributed by atoms with Crippen LogP contribution in [-0.4, -0.2) is 9.97 Å². The Morgan fingerprint density at radius 2 is 1.67 bits per heavy atom. The van der Waals surface area contributed by atoms with Crippen LogP contribution in [0.4, 0.5) is 11.6 Å². The molecule has 3 nitrogen and oxygen atoms in total. The molecule has 0 amide bonds. The lowest BCUT2D eigenvalue weighted by atomic mass is 10.3. The summed E-state index contributed by atoms with van der Waals surface area (Å²) < 4.78 is 0. The van der Waals surface area contributed by atoms with E-state index in [0.29, 0.717) is 5.95 Å². The van der Waals surface area contributed by atoms with E-state index in [-0.39, 0.29) is 0 Å².